The molecule has 3 rings (SSSR count). The summed E-state index contributed by atoms with van der Waals surface area (Å²) in [5.41, 5.74) is 3.41. The highest BCUT2D eigenvalue weighted by molar-refractivity contribution is 5.97. The fourth-order valence-electron chi connectivity index (χ4n) is 2.99. The Morgan fingerprint density at radius 1 is 1.15 bits per heavy atom. The van der Waals surface area contributed by atoms with Crippen molar-refractivity contribution in [1.29, 1.82) is 0 Å². The molecule has 1 aliphatic rings. The Labute approximate surface area is 153 Å². The summed E-state index contributed by atoms with van der Waals surface area (Å²) in [6.07, 6.45) is 0. The van der Waals surface area contributed by atoms with E-state index in [-0.39, 0.29) is 5.97 Å². The lowest BCUT2D eigenvalue weighted by atomic mass is 10.1. The van der Waals surface area contributed by atoms with E-state index in [0.29, 0.717) is 25.3 Å². The molecule has 2 aromatic carbocycles. The molecule has 0 saturated carbocycles. The van der Waals surface area contributed by atoms with Crippen molar-refractivity contribution in [1.82, 2.24) is 0 Å². The zero-order valence-electron chi connectivity index (χ0n) is 15.2. The number of nitrogens with zero attached hydrogens (tertiary/aromatic N) is 1. The number of hydrogen-bond acceptors (Lipinski definition) is 6. The lowest BCUT2D eigenvalue weighted by molar-refractivity contribution is 0.0600. The molecule has 138 valence electrons. The van der Waals surface area contributed by atoms with Crippen LogP contribution in [0.25, 0.3) is 0 Å². The van der Waals surface area contributed by atoms with Crippen molar-refractivity contribution >= 4 is 17.3 Å². The lowest BCUT2D eigenvalue weighted by Crippen LogP contribution is -2.37. The smallest absolute Gasteiger partial charge is 0.340 e. The zero-order chi connectivity index (χ0) is 18.4. The Bertz CT molecular complexity index is 757. The molecule has 0 aromatic heterocycles. The standard InChI is InChI=1S/C20H24N2O4/c1-24-17-5-3-4-15(12-17)14-21-16-6-7-19(18(13-16)20(23)25-2)22-8-10-26-11-9-22/h3-7,12-13,21H,8-11,14H2,1-2H3. The van der Waals surface area contributed by atoms with Crippen molar-refractivity contribution in [2.75, 3.05) is 50.7 Å². The number of carbonyl (C=O) groups excluding carboxylic acids is 1. The van der Waals surface area contributed by atoms with Crippen LogP contribution >= 0.6 is 0 Å². The average molecular weight is 356 g/mol. The first-order chi connectivity index (χ1) is 12.7. The van der Waals surface area contributed by atoms with Crippen LogP contribution in [0.2, 0.25) is 0 Å². The fourth-order valence-corrected chi connectivity index (χ4v) is 2.99. The van der Waals surface area contributed by atoms with Gasteiger partial charge in [0, 0.05) is 25.3 Å². The van der Waals surface area contributed by atoms with Gasteiger partial charge in [-0.2, -0.15) is 0 Å². The number of nitrogens with one attached hydrogen (secondary N) is 1. The summed E-state index contributed by atoms with van der Waals surface area (Å²) >= 11 is 0. The van der Waals surface area contributed by atoms with E-state index in [0.717, 1.165) is 35.8 Å². The molecule has 1 heterocycles. The molecular formula is C20H24N2O4. The van der Waals surface area contributed by atoms with E-state index in [4.69, 9.17) is 14.2 Å². The van der Waals surface area contributed by atoms with Gasteiger partial charge in [-0.05, 0) is 35.9 Å². The molecule has 1 N–H and O–H groups in total. The predicted molar refractivity (Wildman–Crippen MR) is 101 cm³/mol. The minimum Gasteiger partial charge on any atom is -0.497 e. The van der Waals surface area contributed by atoms with E-state index in [9.17, 15) is 4.79 Å². The maximum Gasteiger partial charge on any atom is 0.340 e. The summed E-state index contributed by atoms with van der Waals surface area (Å²) in [7, 11) is 3.06. The molecule has 0 amide bonds. The van der Waals surface area contributed by atoms with Crippen molar-refractivity contribution in [3.63, 3.8) is 0 Å². The van der Waals surface area contributed by atoms with E-state index in [1.807, 2.05) is 42.5 Å². The van der Waals surface area contributed by atoms with Gasteiger partial charge in [0.15, 0.2) is 0 Å². The summed E-state index contributed by atoms with van der Waals surface area (Å²) in [4.78, 5) is 14.4. The van der Waals surface area contributed by atoms with E-state index in [1.165, 1.54) is 7.11 Å². The van der Waals surface area contributed by atoms with Crippen LogP contribution in [0, 0.1) is 0 Å². The van der Waals surface area contributed by atoms with Crippen LogP contribution in [0.5, 0.6) is 5.75 Å². The van der Waals surface area contributed by atoms with Gasteiger partial charge in [-0.3, -0.25) is 0 Å². The molecule has 2 aromatic rings. The molecule has 0 spiro atoms. The highest BCUT2D eigenvalue weighted by atomic mass is 16.5. The highest BCUT2D eigenvalue weighted by Crippen LogP contribution is 2.26. The number of carbonyl (C=O) groups is 1. The molecule has 0 bridgehead atoms. The second-order valence-corrected chi connectivity index (χ2v) is 6.03. The highest BCUT2D eigenvalue weighted by Gasteiger charge is 2.19. The molecule has 1 aliphatic heterocycles. The number of rotatable bonds is 6. The van der Waals surface area contributed by atoms with Gasteiger partial charge in [-0.1, -0.05) is 12.1 Å². The number of benzene rings is 2. The van der Waals surface area contributed by atoms with Crippen molar-refractivity contribution in [2.45, 2.75) is 6.54 Å². The van der Waals surface area contributed by atoms with Crippen molar-refractivity contribution in [3.05, 3.63) is 53.6 Å². The Morgan fingerprint density at radius 3 is 2.69 bits per heavy atom. The molecule has 0 aliphatic carbocycles. The van der Waals surface area contributed by atoms with Crippen molar-refractivity contribution in [3.8, 4) is 5.75 Å². The third-order valence-corrected chi connectivity index (χ3v) is 4.38. The third-order valence-electron chi connectivity index (χ3n) is 4.38. The zero-order valence-corrected chi connectivity index (χ0v) is 15.2. The first kappa shape index (κ1) is 18.1. The summed E-state index contributed by atoms with van der Waals surface area (Å²) in [6.45, 7) is 3.49. The van der Waals surface area contributed by atoms with Gasteiger partial charge in [-0.25, -0.2) is 4.79 Å². The quantitative estimate of drug-likeness (QED) is 0.803. The molecule has 0 atom stereocenters. The fraction of sp³-hybridized carbons (Fsp3) is 0.350. The molecule has 1 fully saturated rings. The molecule has 1 saturated heterocycles. The van der Waals surface area contributed by atoms with Crippen molar-refractivity contribution < 1.29 is 19.0 Å². The lowest BCUT2D eigenvalue weighted by Gasteiger charge is -2.30. The number of hydrogen-bond donors (Lipinski definition) is 1. The summed E-state index contributed by atoms with van der Waals surface area (Å²) in [6, 6.07) is 13.7. The first-order valence-electron chi connectivity index (χ1n) is 8.63. The minimum atomic E-state index is -0.337. The largest absolute Gasteiger partial charge is 0.497 e. The Hall–Kier alpha value is -2.73. The Balaban J connectivity index is 1.78. The number of methoxy groups -OCH3 is 2. The minimum absolute atomic E-state index is 0.337. The summed E-state index contributed by atoms with van der Waals surface area (Å²) in [5, 5.41) is 3.36. The third kappa shape index (κ3) is 4.26. The average Bonchev–Trinajstić information content (AvgIpc) is 2.72. The van der Waals surface area contributed by atoms with Crippen molar-refractivity contribution in [2.24, 2.45) is 0 Å². The second-order valence-electron chi connectivity index (χ2n) is 6.03. The Morgan fingerprint density at radius 2 is 1.96 bits per heavy atom. The van der Waals surface area contributed by atoms with E-state index in [2.05, 4.69) is 10.2 Å². The normalized spacial score (nSPS) is 14.0. The predicted octanol–water partition coefficient (Wildman–Crippen LogP) is 2.93. The first-order valence-corrected chi connectivity index (χ1v) is 8.63. The maximum atomic E-state index is 12.3. The van der Waals surface area contributed by atoms with Gasteiger partial charge >= 0.3 is 5.97 Å². The van der Waals surface area contributed by atoms with Gasteiger partial charge < -0.3 is 24.4 Å². The molecule has 6 heteroatoms. The number of ether oxygens (including phenoxy) is 3. The van der Waals surface area contributed by atoms with Gasteiger partial charge in [0.2, 0.25) is 0 Å². The molecule has 6 nitrogen and oxygen atoms in total. The molecule has 0 unspecified atom stereocenters. The summed E-state index contributed by atoms with van der Waals surface area (Å²) < 4.78 is 15.6. The number of anilines is 2. The SMILES string of the molecule is COC(=O)c1cc(NCc2cccc(OC)c2)ccc1N1CCOCC1. The van der Waals surface area contributed by atoms with Gasteiger partial charge in [0.25, 0.3) is 0 Å². The molecular weight excluding hydrogens is 332 g/mol. The number of morpholine rings is 1. The van der Waals surface area contributed by atoms with Crippen LogP contribution < -0.4 is 15.0 Å². The topological polar surface area (TPSA) is 60.0 Å². The number of esters is 1. The van der Waals surface area contributed by atoms with Gasteiger partial charge in [0.05, 0.1) is 38.7 Å². The molecule has 26 heavy (non-hydrogen) atoms. The maximum absolute atomic E-state index is 12.3. The summed E-state index contributed by atoms with van der Waals surface area (Å²) in [5.74, 6) is 0.485. The van der Waals surface area contributed by atoms with E-state index >= 15 is 0 Å². The van der Waals surface area contributed by atoms with Crippen LogP contribution in [0.15, 0.2) is 42.5 Å². The van der Waals surface area contributed by atoms with E-state index < -0.39 is 0 Å². The van der Waals surface area contributed by atoms with Crippen LogP contribution in [-0.2, 0) is 16.0 Å². The second kappa shape index (κ2) is 8.58. The van der Waals surface area contributed by atoms with Crippen LogP contribution in [0.1, 0.15) is 15.9 Å². The van der Waals surface area contributed by atoms with Crippen LogP contribution in [0.3, 0.4) is 0 Å². The van der Waals surface area contributed by atoms with E-state index in [1.54, 1.807) is 7.11 Å². The monoisotopic (exact) mass is 356 g/mol. The van der Waals surface area contributed by atoms with Gasteiger partial charge in [0.1, 0.15) is 5.75 Å². The van der Waals surface area contributed by atoms with Crippen LogP contribution in [-0.4, -0.2) is 46.5 Å². The van der Waals surface area contributed by atoms with Gasteiger partial charge in [-0.15, -0.1) is 0 Å². The Kier molecular flexibility index (Phi) is 5.96. The molecule has 0 radical (unpaired) electrons. The van der Waals surface area contributed by atoms with Crippen LogP contribution in [0.4, 0.5) is 11.4 Å².